The van der Waals surface area contributed by atoms with E-state index in [1.807, 2.05) is 6.92 Å². The van der Waals surface area contributed by atoms with Crippen LogP contribution in [-0.2, 0) is 26.2 Å². The standard InChI is InChI=1S/C23H28Cl2FN3O4S/c1-4-5-12-27-23(31)16(2)28(14-17-10-11-18(24)19(25)13-17)22(30)15-29(34(3,32)33)21-9-7-6-8-20(21)26/h6-11,13,16H,4-5,12,14-15H2,1-3H3,(H,27,31). The molecule has 2 rings (SSSR count). The summed E-state index contributed by atoms with van der Waals surface area (Å²) in [5.74, 6) is -1.86. The summed E-state index contributed by atoms with van der Waals surface area (Å²) in [6.45, 7) is 3.25. The lowest BCUT2D eigenvalue weighted by molar-refractivity contribution is -0.139. The largest absolute Gasteiger partial charge is 0.354 e. The van der Waals surface area contributed by atoms with Crippen LogP contribution in [0.5, 0.6) is 0 Å². The van der Waals surface area contributed by atoms with Crippen molar-refractivity contribution in [2.75, 3.05) is 23.7 Å². The van der Waals surface area contributed by atoms with Crippen LogP contribution in [0.4, 0.5) is 10.1 Å². The molecule has 2 aromatic carbocycles. The zero-order valence-corrected chi connectivity index (χ0v) is 21.6. The third-order valence-corrected chi connectivity index (χ3v) is 7.00. The van der Waals surface area contributed by atoms with Gasteiger partial charge in [0.15, 0.2) is 0 Å². The molecule has 1 N–H and O–H groups in total. The minimum absolute atomic E-state index is 0.0348. The van der Waals surface area contributed by atoms with Crippen LogP contribution in [0, 0.1) is 5.82 Å². The number of nitrogens with one attached hydrogen (secondary N) is 1. The Morgan fingerprint density at radius 1 is 1.12 bits per heavy atom. The van der Waals surface area contributed by atoms with Crippen LogP contribution < -0.4 is 9.62 Å². The molecule has 1 atom stereocenters. The third kappa shape index (κ3) is 7.58. The molecule has 0 heterocycles. The molecule has 0 bridgehead atoms. The van der Waals surface area contributed by atoms with Crippen molar-refractivity contribution in [3.8, 4) is 0 Å². The molecular formula is C23H28Cl2FN3O4S. The molecule has 11 heteroatoms. The van der Waals surface area contributed by atoms with Gasteiger partial charge in [-0.3, -0.25) is 13.9 Å². The summed E-state index contributed by atoms with van der Waals surface area (Å²) in [6.07, 6.45) is 2.54. The highest BCUT2D eigenvalue weighted by Gasteiger charge is 2.31. The van der Waals surface area contributed by atoms with E-state index >= 15 is 0 Å². The molecule has 1 unspecified atom stereocenters. The number of carbonyl (C=O) groups is 2. The highest BCUT2D eigenvalue weighted by molar-refractivity contribution is 7.92. The fourth-order valence-corrected chi connectivity index (χ4v) is 4.37. The molecule has 0 aliphatic rings. The molecule has 0 spiro atoms. The highest BCUT2D eigenvalue weighted by atomic mass is 35.5. The minimum Gasteiger partial charge on any atom is -0.354 e. The average Bonchev–Trinajstić information content (AvgIpc) is 2.77. The Bertz CT molecular complexity index is 1130. The van der Waals surface area contributed by atoms with Crippen molar-refractivity contribution in [2.24, 2.45) is 0 Å². The monoisotopic (exact) mass is 531 g/mol. The number of hydrogen-bond donors (Lipinski definition) is 1. The molecule has 34 heavy (non-hydrogen) atoms. The van der Waals surface area contributed by atoms with Crippen molar-refractivity contribution in [2.45, 2.75) is 39.3 Å². The van der Waals surface area contributed by atoms with E-state index in [9.17, 15) is 22.4 Å². The smallest absolute Gasteiger partial charge is 0.244 e. The Morgan fingerprint density at radius 3 is 2.38 bits per heavy atom. The van der Waals surface area contributed by atoms with E-state index in [0.717, 1.165) is 25.2 Å². The fraction of sp³-hybridized carbons (Fsp3) is 0.391. The van der Waals surface area contributed by atoms with E-state index in [0.29, 0.717) is 21.4 Å². The maximum Gasteiger partial charge on any atom is 0.244 e. The number of nitrogens with zero attached hydrogens (tertiary/aromatic N) is 2. The van der Waals surface area contributed by atoms with Crippen LogP contribution in [-0.4, -0.2) is 50.5 Å². The SMILES string of the molecule is CCCCNC(=O)C(C)N(Cc1ccc(Cl)c(Cl)c1)C(=O)CN(c1ccccc1F)S(C)(=O)=O. The van der Waals surface area contributed by atoms with E-state index < -0.39 is 40.2 Å². The lowest BCUT2D eigenvalue weighted by Gasteiger charge is -2.31. The van der Waals surface area contributed by atoms with Gasteiger partial charge in [0, 0.05) is 13.1 Å². The van der Waals surface area contributed by atoms with Gasteiger partial charge >= 0.3 is 0 Å². The van der Waals surface area contributed by atoms with Crippen LogP contribution in [0.25, 0.3) is 0 Å². The molecule has 186 valence electrons. The molecule has 2 amide bonds. The molecule has 0 radical (unpaired) electrons. The second-order valence-corrected chi connectivity index (χ2v) is 10.5. The first-order chi connectivity index (χ1) is 16.0. The van der Waals surface area contributed by atoms with Crippen molar-refractivity contribution in [1.82, 2.24) is 10.2 Å². The number of unbranched alkanes of at least 4 members (excludes halogenated alkanes) is 1. The Hall–Kier alpha value is -2.36. The van der Waals surface area contributed by atoms with Crippen LogP contribution in [0.15, 0.2) is 42.5 Å². The number of halogens is 3. The second kappa shape index (κ2) is 12.4. The van der Waals surface area contributed by atoms with Crippen molar-refractivity contribution in [3.63, 3.8) is 0 Å². The summed E-state index contributed by atoms with van der Waals surface area (Å²) in [5, 5.41) is 3.38. The van der Waals surface area contributed by atoms with E-state index in [4.69, 9.17) is 23.2 Å². The van der Waals surface area contributed by atoms with Gasteiger partial charge in [-0.05, 0) is 43.2 Å². The van der Waals surface area contributed by atoms with Gasteiger partial charge in [0.1, 0.15) is 18.4 Å². The zero-order chi connectivity index (χ0) is 25.5. The van der Waals surface area contributed by atoms with Crippen LogP contribution in [0.2, 0.25) is 10.0 Å². The Balaban J connectivity index is 2.38. The fourth-order valence-electron chi connectivity index (χ4n) is 3.20. The van der Waals surface area contributed by atoms with Gasteiger partial charge in [-0.25, -0.2) is 12.8 Å². The minimum atomic E-state index is -4.01. The first kappa shape index (κ1) is 27.9. The molecule has 2 aromatic rings. The van der Waals surface area contributed by atoms with Crippen LogP contribution in [0.3, 0.4) is 0 Å². The molecule has 7 nitrogen and oxygen atoms in total. The third-order valence-electron chi connectivity index (χ3n) is 5.13. The van der Waals surface area contributed by atoms with Crippen LogP contribution in [0.1, 0.15) is 32.3 Å². The number of rotatable bonds is 11. The quantitative estimate of drug-likeness (QED) is 0.439. The van der Waals surface area contributed by atoms with E-state index in [-0.39, 0.29) is 17.3 Å². The lowest BCUT2D eigenvalue weighted by atomic mass is 10.1. The number of benzene rings is 2. The highest BCUT2D eigenvalue weighted by Crippen LogP contribution is 2.25. The lowest BCUT2D eigenvalue weighted by Crippen LogP contribution is -2.51. The van der Waals surface area contributed by atoms with Crippen molar-refractivity contribution < 1.29 is 22.4 Å². The maximum absolute atomic E-state index is 14.4. The first-order valence-electron chi connectivity index (χ1n) is 10.7. The van der Waals surface area contributed by atoms with Crippen molar-refractivity contribution in [1.29, 1.82) is 0 Å². The van der Waals surface area contributed by atoms with E-state index in [1.54, 1.807) is 25.1 Å². The Labute approximate surface area is 209 Å². The summed E-state index contributed by atoms with van der Waals surface area (Å²) in [4.78, 5) is 27.3. The first-order valence-corrected chi connectivity index (χ1v) is 13.3. The van der Waals surface area contributed by atoms with Crippen molar-refractivity contribution in [3.05, 3.63) is 63.9 Å². The number of amides is 2. The Kier molecular flexibility index (Phi) is 10.1. The number of hydrogen-bond acceptors (Lipinski definition) is 4. The number of carbonyl (C=O) groups excluding carboxylic acids is 2. The summed E-state index contributed by atoms with van der Waals surface area (Å²) >= 11 is 12.1. The van der Waals surface area contributed by atoms with Crippen molar-refractivity contribution >= 4 is 50.7 Å². The summed E-state index contributed by atoms with van der Waals surface area (Å²) in [6, 6.07) is 9.12. The van der Waals surface area contributed by atoms with Crippen LogP contribution >= 0.6 is 23.2 Å². The molecule has 0 saturated heterocycles. The van der Waals surface area contributed by atoms with E-state index in [1.165, 1.54) is 23.1 Å². The molecule has 0 aromatic heterocycles. The number of sulfonamides is 1. The maximum atomic E-state index is 14.4. The van der Waals surface area contributed by atoms with Gasteiger partial charge in [0.2, 0.25) is 21.8 Å². The predicted molar refractivity (Wildman–Crippen MR) is 133 cm³/mol. The van der Waals surface area contributed by atoms with Gasteiger partial charge in [-0.15, -0.1) is 0 Å². The summed E-state index contributed by atoms with van der Waals surface area (Å²) in [7, 11) is -4.01. The second-order valence-electron chi connectivity index (χ2n) is 7.81. The summed E-state index contributed by atoms with van der Waals surface area (Å²) < 4.78 is 40.0. The predicted octanol–water partition coefficient (Wildman–Crippen LogP) is 4.23. The van der Waals surface area contributed by atoms with Gasteiger partial charge in [0.25, 0.3) is 0 Å². The number of anilines is 1. The topological polar surface area (TPSA) is 86.8 Å². The number of para-hydroxylation sites is 1. The average molecular weight is 532 g/mol. The van der Waals surface area contributed by atoms with Gasteiger partial charge in [-0.1, -0.05) is 54.7 Å². The van der Waals surface area contributed by atoms with Gasteiger partial charge in [0.05, 0.1) is 22.0 Å². The Morgan fingerprint density at radius 2 is 1.79 bits per heavy atom. The molecule has 0 aliphatic heterocycles. The summed E-state index contributed by atoms with van der Waals surface area (Å²) in [5.41, 5.74) is 0.334. The molecular weight excluding hydrogens is 504 g/mol. The van der Waals surface area contributed by atoms with Gasteiger partial charge < -0.3 is 10.2 Å². The molecule has 0 saturated carbocycles. The normalized spacial score (nSPS) is 12.2. The zero-order valence-electron chi connectivity index (χ0n) is 19.2. The molecule has 0 aliphatic carbocycles. The van der Waals surface area contributed by atoms with E-state index in [2.05, 4.69) is 5.32 Å². The van der Waals surface area contributed by atoms with Gasteiger partial charge in [-0.2, -0.15) is 0 Å². The molecule has 0 fully saturated rings.